The normalized spacial score (nSPS) is 39.6. The van der Waals surface area contributed by atoms with Gasteiger partial charge >= 0.3 is 0 Å². The number of hydrogen-bond acceptors (Lipinski definition) is 2. The monoisotopic (exact) mass is 226 g/mol. The molecular weight excluding hydrogens is 200 g/mol. The predicted octanol–water partition coefficient (Wildman–Crippen LogP) is 3.40. The van der Waals surface area contributed by atoms with E-state index in [0.717, 1.165) is 12.5 Å². The minimum Gasteiger partial charge on any atom is -0.378 e. The van der Waals surface area contributed by atoms with E-state index in [1.165, 1.54) is 25.7 Å². The second kappa shape index (κ2) is 4.66. The average molecular weight is 226 g/mol. The molecule has 94 valence electrons. The second-order valence-corrected chi connectivity index (χ2v) is 6.52. The zero-order valence-corrected chi connectivity index (χ0v) is 11.2. The third kappa shape index (κ3) is 3.21. The van der Waals surface area contributed by atoms with Crippen LogP contribution in [-0.2, 0) is 9.47 Å². The highest BCUT2D eigenvalue weighted by atomic mass is 16.6. The van der Waals surface area contributed by atoms with E-state index < -0.39 is 0 Å². The van der Waals surface area contributed by atoms with Gasteiger partial charge in [0.05, 0.1) is 24.9 Å². The van der Waals surface area contributed by atoms with Gasteiger partial charge in [-0.15, -0.1) is 0 Å². The predicted molar refractivity (Wildman–Crippen MR) is 65.5 cm³/mol. The van der Waals surface area contributed by atoms with Crippen LogP contribution >= 0.6 is 0 Å². The summed E-state index contributed by atoms with van der Waals surface area (Å²) in [6.07, 6.45) is 6.43. The van der Waals surface area contributed by atoms with Crippen LogP contribution in [0.1, 0.15) is 53.4 Å². The van der Waals surface area contributed by atoms with Gasteiger partial charge in [-0.2, -0.15) is 0 Å². The van der Waals surface area contributed by atoms with Crippen LogP contribution in [0.3, 0.4) is 0 Å². The van der Waals surface area contributed by atoms with Crippen LogP contribution in [0.2, 0.25) is 0 Å². The summed E-state index contributed by atoms with van der Waals surface area (Å²) < 4.78 is 11.6. The number of fused-ring (bicyclic) bond motifs is 1. The highest BCUT2D eigenvalue weighted by molar-refractivity contribution is 4.97. The van der Waals surface area contributed by atoms with Gasteiger partial charge in [-0.1, -0.05) is 20.8 Å². The Morgan fingerprint density at radius 3 is 2.69 bits per heavy atom. The van der Waals surface area contributed by atoms with Crippen LogP contribution in [-0.4, -0.2) is 24.9 Å². The molecule has 2 nitrogen and oxygen atoms in total. The number of epoxide rings is 1. The molecule has 0 bridgehead atoms. The Morgan fingerprint density at radius 2 is 2.06 bits per heavy atom. The first-order valence-corrected chi connectivity index (χ1v) is 6.75. The molecule has 0 radical (unpaired) electrons. The summed E-state index contributed by atoms with van der Waals surface area (Å²) in [5.74, 6) is 0.727. The first-order valence-electron chi connectivity index (χ1n) is 6.75. The molecule has 2 rings (SSSR count). The minimum atomic E-state index is 0.364. The summed E-state index contributed by atoms with van der Waals surface area (Å²) in [5, 5.41) is 0. The first kappa shape index (κ1) is 12.4. The lowest BCUT2D eigenvalue weighted by Crippen LogP contribution is -2.31. The van der Waals surface area contributed by atoms with Gasteiger partial charge in [0.15, 0.2) is 0 Å². The first-order chi connectivity index (χ1) is 7.48. The van der Waals surface area contributed by atoms with Crippen molar-refractivity contribution in [1.82, 2.24) is 0 Å². The van der Waals surface area contributed by atoms with E-state index in [0.29, 0.717) is 23.7 Å². The van der Waals surface area contributed by atoms with Gasteiger partial charge in [-0.25, -0.2) is 0 Å². The average Bonchev–Trinajstić information content (AvgIpc) is 2.92. The van der Waals surface area contributed by atoms with Crippen molar-refractivity contribution in [2.45, 2.75) is 71.7 Å². The van der Waals surface area contributed by atoms with E-state index in [4.69, 9.17) is 9.47 Å². The summed E-state index contributed by atoms with van der Waals surface area (Å²) in [4.78, 5) is 0. The van der Waals surface area contributed by atoms with E-state index in [1.54, 1.807) is 0 Å². The van der Waals surface area contributed by atoms with Gasteiger partial charge in [-0.05, 0) is 43.9 Å². The Hall–Kier alpha value is -0.0800. The van der Waals surface area contributed by atoms with Crippen LogP contribution in [0.4, 0.5) is 0 Å². The van der Waals surface area contributed by atoms with E-state index in [1.807, 2.05) is 0 Å². The summed E-state index contributed by atoms with van der Waals surface area (Å²) in [7, 11) is 0. The van der Waals surface area contributed by atoms with Crippen molar-refractivity contribution < 1.29 is 9.47 Å². The molecule has 1 saturated carbocycles. The van der Waals surface area contributed by atoms with Crippen LogP contribution in [0.25, 0.3) is 0 Å². The molecule has 1 saturated heterocycles. The summed E-state index contributed by atoms with van der Waals surface area (Å²) >= 11 is 0. The quantitative estimate of drug-likeness (QED) is 0.670. The third-order valence-corrected chi connectivity index (χ3v) is 3.93. The summed E-state index contributed by atoms with van der Waals surface area (Å²) in [5.41, 5.74) is 0.364. The summed E-state index contributed by atoms with van der Waals surface area (Å²) in [6.45, 7) is 9.97. The lowest BCUT2D eigenvalue weighted by molar-refractivity contribution is -0.0146. The van der Waals surface area contributed by atoms with E-state index in [9.17, 15) is 0 Å². The molecular formula is C14H26O2. The molecule has 0 spiro atoms. The largest absolute Gasteiger partial charge is 0.378 e. The number of hydrogen-bond donors (Lipinski definition) is 0. The van der Waals surface area contributed by atoms with Crippen molar-refractivity contribution in [2.75, 3.05) is 6.61 Å². The van der Waals surface area contributed by atoms with Crippen molar-refractivity contribution in [3.63, 3.8) is 0 Å². The molecule has 2 heteroatoms. The topological polar surface area (TPSA) is 21.8 Å². The highest BCUT2D eigenvalue weighted by Gasteiger charge is 2.48. The van der Waals surface area contributed by atoms with Gasteiger partial charge in [0.25, 0.3) is 0 Å². The molecule has 16 heavy (non-hydrogen) atoms. The minimum absolute atomic E-state index is 0.364. The Labute approximate surface area is 99.7 Å². The molecule has 2 aliphatic rings. The van der Waals surface area contributed by atoms with E-state index >= 15 is 0 Å². The molecule has 0 aromatic rings. The molecule has 0 aromatic heterocycles. The molecule has 1 aliphatic carbocycles. The number of ether oxygens (including phenoxy) is 2. The van der Waals surface area contributed by atoms with Crippen LogP contribution < -0.4 is 0 Å². The standard InChI is InChI=1S/C14H26O2/c1-10(2)7-11(3)15-9-14(4)6-5-12-13(8-14)16-12/h10-13H,5-9H2,1-4H3. The van der Waals surface area contributed by atoms with Crippen LogP contribution in [0, 0.1) is 11.3 Å². The van der Waals surface area contributed by atoms with Crippen LogP contribution in [0.15, 0.2) is 0 Å². The molecule has 0 aromatic carbocycles. The SMILES string of the molecule is CC(C)CC(C)OCC1(C)CCC2OC2C1. The van der Waals surface area contributed by atoms with Gasteiger partial charge in [0.2, 0.25) is 0 Å². The number of rotatable bonds is 5. The maximum atomic E-state index is 6.01. The molecule has 4 atom stereocenters. The smallest absolute Gasteiger partial charge is 0.0848 e. The molecule has 1 heterocycles. The van der Waals surface area contributed by atoms with Gasteiger partial charge in [0.1, 0.15) is 0 Å². The Morgan fingerprint density at radius 1 is 1.31 bits per heavy atom. The highest BCUT2D eigenvalue weighted by Crippen LogP contribution is 2.46. The molecule has 1 aliphatic heterocycles. The molecule has 0 amide bonds. The summed E-state index contributed by atoms with van der Waals surface area (Å²) in [6, 6.07) is 0. The third-order valence-electron chi connectivity index (χ3n) is 3.93. The molecule has 2 fully saturated rings. The van der Waals surface area contributed by atoms with Gasteiger partial charge in [-0.3, -0.25) is 0 Å². The van der Waals surface area contributed by atoms with E-state index in [2.05, 4.69) is 27.7 Å². The van der Waals surface area contributed by atoms with Gasteiger partial charge < -0.3 is 9.47 Å². The lowest BCUT2D eigenvalue weighted by atomic mass is 9.76. The van der Waals surface area contributed by atoms with Crippen molar-refractivity contribution in [3.8, 4) is 0 Å². The fourth-order valence-electron chi connectivity index (χ4n) is 2.90. The Balaban J connectivity index is 1.71. The molecule has 4 unspecified atom stereocenters. The van der Waals surface area contributed by atoms with Crippen molar-refractivity contribution in [1.29, 1.82) is 0 Å². The van der Waals surface area contributed by atoms with Gasteiger partial charge in [0, 0.05) is 0 Å². The fraction of sp³-hybridized carbons (Fsp3) is 1.00. The maximum Gasteiger partial charge on any atom is 0.0848 e. The van der Waals surface area contributed by atoms with Crippen molar-refractivity contribution >= 4 is 0 Å². The van der Waals surface area contributed by atoms with Crippen molar-refractivity contribution in [2.24, 2.45) is 11.3 Å². The Kier molecular flexibility index (Phi) is 3.60. The lowest BCUT2D eigenvalue weighted by Gasteiger charge is -2.32. The zero-order chi connectivity index (χ0) is 11.8. The second-order valence-electron chi connectivity index (χ2n) is 6.52. The zero-order valence-electron chi connectivity index (χ0n) is 11.2. The molecule has 0 N–H and O–H groups in total. The van der Waals surface area contributed by atoms with Crippen molar-refractivity contribution in [3.05, 3.63) is 0 Å². The Bertz CT molecular complexity index is 239. The fourth-order valence-corrected chi connectivity index (χ4v) is 2.90. The maximum absolute atomic E-state index is 6.01. The van der Waals surface area contributed by atoms with E-state index in [-0.39, 0.29) is 0 Å². The van der Waals surface area contributed by atoms with Crippen LogP contribution in [0.5, 0.6) is 0 Å².